The Morgan fingerprint density at radius 1 is 1.00 bits per heavy atom. The van der Waals surface area contributed by atoms with Gasteiger partial charge in [0.1, 0.15) is 0 Å². The summed E-state index contributed by atoms with van der Waals surface area (Å²) in [7, 11) is -1.34. The van der Waals surface area contributed by atoms with Gasteiger partial charge in [-0.2, -0.15) is 0 Å². The largest absolute Gasteiger partial charge is 0.304 e. The van der Waals surface area contributed by atoms with Crippen molar-refractivity contribution in [3.8, 4) is 0 Å². The molecule has 0 radical (unpaired) electrons. The van der Waals surface area contributed by atoms with Crippen molar-refractivity contribution in [1.82, 2.24) is 4.90 Å². The average Bonchev–Trinajstić information content (AvgIpc) is 2.60. The van der Waals surface area contributed by atoms with Crippen molar-refractivity contribution >= 4 is 13.3 Å². The van der Waals surface area contributed by atoms with E-state index in [9.17, 15) is 0 Å². The first-order chi connectivity index (χ1) is 10.7. The Hall–Kier alpha value is -0.603. The van der Waals surface area contributed by atoms with Crippen LogP contribution in [0.15, 0.2) is 30.3 Å². The molecule has 22 heavy (non-hydrogen) atoms. The van der Waals surface area contributed by atoms with Crippen LogP contribution in [0.4, 0.5) is 0 Å². The second-order valence-electron chi connectivity index (χ2n) is 7.25. The zero-order valence-electron chi connectivity index (χ0n) is 15.0. The smallest absolute Gasteiger partial charge is 0.0867 e. The van der Waals surface area contributed by atoms with E-state index in [1.165, 1.54) is 64.2 Å². The molecule has 0 bridgehead atoms. The van der Waals surface area contributed by atoms with Gasteiger partial charge in [0.05, 0.1) is 8.07 Å². The summed E-state index contributed by atoms with van der Waals surface area (Å²) in [5, 5.41) is 1.71. The third-order valence-electron chi connectivity index (χ3n) is 6.00. The maximum atomic E-state index is 2.68. The predicted octanol–water partition coefficient (Wildman–Crippen LogP) is 5.04. The van der Waals surface area contributed by atoms with Crippen LogP contribution in [0, 0.1) is 0 Å². The van der Waals surface area contributed by atoms with Crippen LogP contribution in [-0.4, -0.2) is 32.6 Å². The van der Waals surface area contributed by atoms with E-state index in [-0.39, 0.29) is 0 Å². The van der Waals surface area contributed by atoms with Crippen LogP contribution >= 0.6 is 0 Å². The number of hydrogen-bond acceptors (Lipinski definition) is 1. The van der Waals surface area contributed by atoms with Crippen molar-refractivity contribution in [3.05, 3.63) is 30.3 Å². The van der Waals surface area contributed by atoms with E-state index >= 15 is 0 Å². The van der Waals surface area contributed by atoms with Crippen LogP contribution in [0.5, 0.6) is 0 Å². The number of benzene rings is 1. The van der Waals surface area contributed by atoms with Gasteiger partial charge < -0.3 is 4.90 Å². The molecule has 0 spiro atoms. The topological polar surface area (TPSA) is 3.24 Å². The fraction of sp³-hybridized carbons (Fsp3) is 0.700. The minimum Gasteiger partial charge on any atom is -0.304 e. The summed E-state index contributed by atoms with van der Waals surface area (Å²) in [6.45, 7) is 10.9. The van der Waals surface area contributed by atoms with Crippen molar-refractivity contribution in [3.63, 3.8) is 0 Å². The van der Waals surface area contributed by atoms with Crippen molar-refractivity contribution in [1.29, 1.82) is 0 Å². The quantitative estimate of drug-likeness (QED) is 0.607. The van der Waals surface area contributed by atoms with E-state index < -0.39 is 8.07 Å². The minimum absolute atomic E-state index is 1.01. The summed E-state index contributed by atoms with van der Waals surface area (Å²) in [4.78, 5) is 2.58. The molecule has 1 nitrogen and oxygen atoms in total. The van der Waals surface area contributed by atoms with Gasteiger partial charge in [0.15, 0.2) is 0 Å². The zero-order chi connectivity index (χ0) is 15.8. The molecule has 1 aliphatic rings. The van der Waals surface area contributed by atoms with Crippen LogP contribution in [0.25, 0.3) is 0 Å². The lowest BCUT2D eigenvalue weighted by Gasteiger charge is -2.39. The molecule has 0 aromatic heterocycles. The molecular weight excluding hydrogens is 282 g/mol. The fourth-order valence-corrected chi connectivity index (χ4v) is 9.05. The lowest BCUT2D eigenvalue weighted by molar-refractivity contribution is 0.304. The molecule has 1 atom stereocenters. The number of nitrogens with zero attached hydrogens (tertiary/aromatic N) is 1. The summed E-state index contributed by atoms with van der Waals surface area (Å²) in [5.74, 6) is 0. The number of rotatable bonds is 8. The van der Waals surface area contributed by atoms with Crippen LogP contribution in [0.3, 0.4) is 0 Å². The molecule has 1 aromatic carbocycles. The maximum Gasteiger partial charge on any atom is 0.0867 e. The summed E-state index contributed by atoms with van der Waals surface area (Å²) in [5.41, 5.74) is 1.01. The lowest BCUT2D eigenvalue weighted by atomic mass is 10.0. The van der Waals surface area contributed by atoms with Gasteiger partial charge in [-0.3, -0.25) is 0 Å². The molecule has 2 rings (SSSR count). The van der Waals surface area contributed by atoms with Gasteiger partial charge in [-0.15, -0.1) is 0 Å². The van der Waals surface area contributed by atoms with Gasteiger partial charge in [-0.05, 0) is 31.6 Å². The Labute approximate surface area is 139 Å². The first-order valence-corrected chi connectivity index (χ1v) is 12.3. The highest BCUT2D eigenvalue weighted by Crippen LogP contribution is 2.39. The molecule has 2 heteroatoms. The molecule has 0 saturated heterocycles. The molecule has 0 heterocycles. The third-order valence-corrected chi connectivity index (χ3v) is 11.4. The first kappa shape index (κ1) is 17.7. The Morgan fingerprint density at radius 2 is 1.64 bits per heavy atom. The van der Waals surface area contributed by atoms with Crippen LogP contribution < -0.4 is 5.19 Å². The minimum atomic E-state index is -1.34. The van der Waals surface area contributed by atoms with Gasteiger partial charge in [0.2, 0.25) is 0 Å². The van der Waals surface area contributed by atoms with Gasteiger partial charge in [0.25, 0.3) is 0 Å². The van der Waals surface area contributed by atoms with Crippen molar-refractivity contribution < 1.29 is 0 Å². The molecule has 1 saturated carbocycles. The molecular formula is C20H35NSi. The summed E-state index contributed by atoms with van der Waals surface area (Å²) in [6.07, 6.45) is 8.77. The highest BCUT2D eigenvalue weighted by atomic mass is 28.3. The van der Waals surface area contributed by atoms with E-state index in [1.807, 2.05) is 0 Å². The van der Waals surface area contributed by atoms with Crippen molar-refractivity contribution in [2.75, 3.05) is 19.6 Å². The highest BCUT2D eigenvalue weighted by Gasteiger charge is 2.38. The predicted molar refractivity (Wildman–Crippen MR) is 102 cm³/mol. The molecule has 1 unspecified atom stereocenters. The zero-order valence-corrected chi connectivity index (χ0v) is 16.0. The molecule has 0 N–H and O–H groups in total. The third kappa shape index (κ3) is 4.45. The molecule has 0 amide bonds. The standard InChI is InChI=1S/C20H35NSi/c1-4-21(5-2)17-12-18-22(3,19-13-8-6-9-14-19)20-15-10-7-11-16-20/h6,8-9,13-14,20H,4-5,7,10-12,15-18H2,1-3H3. The second-order valence-corrected chi connectivity index (χ2v) is 12.0. The molecule has 1 fully saturated rings. The van der Waals surface area contributed by atoms with Gasteiger partial charge in [0, 0.05) is 0 Å². The summed E-state index contributed by atoms with van der Waals surface area (Å²) >= 11 is 0. The van der Waals surface area contributed by atoms with Gasteiger partial charge in [-0.1, -0.05) is 94.1 Å². The van der Waals surface area contributed by atoms with Crippen LogP contribution in [-0.2, 0) is 0 Å². The summed E-state index contributed by atoms with van der Waals surface area (Å²) < 4.78 is 0. The Kier molecular flexibility index (Phi) is 7.16. The highest BCUT2D eigenvalue weighted by molar-refractivity contribution is 6.92. The monoisotopic (exact) mass is 317 g/mol. The second kappa shape index (κ2) is 8.88. The van der Waals surface area contributed by atoms with Crippen LogP contribution in [0.2, 0.25) is 18.1 Å². The Balaban J connectivity index is 2.07. The SMILES string of the molecule is CCN(CC)CCC[Si](C)(c1ccccc1)C1CCCCC1. The Morgan fingerprint density at radius 3 is 2.23 bits per heavy atom. The first-order valence-electron chi connectivity index (χ1n) is 9.48. The van der Waals surface area contributed by atoms with E-state index in [2.05, 4.69) is 55.6 Å². The van der Waals surface area contributed by atoms with E-state index in [0.29, 0.717) is 0 Å². The fourth-order valence-electron chi connectivity index (χ4n) is 4.35. The average molecular weight is 318 g/mol. The maximum absolute atomic E-state index is 2.68. The molecule has 124 valence electrons. The van der Waals surface area contributed by atoms with Crippen molar-refractivity contribution in [2.24, 2.45) is 0 Å². The normalized spacial score (nSPS) is 19.3. The lowest BCUT2D eigenvalue weighted by Crippen LogP contribution is -2.49. The van der Waals surface area contributed by atoms with E-state index in [1.54, 1.807) is 5.19 Å². The van der Waals surface area contributed by atoms with Crippen molar-refractivity contribution in [2.45, 2.75) is 70.5 Å². The number of hydrogen-bond donors (Lipinski definition) is 0. The van der Waals surface area contributed by atoms with E-state index in [4.69, 9.17) is 0 Å². The molecule has 1 aromatic rings. The van der Waals surface area contributed by atoms with Crippen LogP contribution in [0.1, 0.15) is 52.4 Å². The molecule has 1 aliphatic carbocycles. The van der Waals surface area contributed by atoms with E-state index in [0.717, 1.165) is 5.54 Å². The molecule has 0 aliphatic heterocycles. The summed E-state index contributed by atoms with van der Waals surface area (Å²) in [6, 6.07) is 13.0. The van der Waals surface area contributed by atoms with Gasteiger partial charge in [-0.25, -0.2) is 0 Å². The van der Waals surface area contributed by atoms with Gasteiger partial charge >= 0.3 is 0 Å². The Bertz CT molecular complexity index is 409.